The van der Waals surface area contributed by atoms with Gasteiger partial charge in [0.15, 0.2) is 0 Å². The first-order valence-electron chi connectivity index (χ1n) is 10.0. The van der Waals surface area contributed by atoms with Crippen molar-refractivity contribution in [1.29, 1.82) is 0 Å². The summed E-state index contributed by atoms with van der Waals surface area (Å²) in [6.45, 7) is -0.238. The highest BCUT2D eigenvalue weighted by Gasteiger charge is 2.25. The first-order chi connectivity index (χ1) is 15.5. The molecule has 0 spiro atoms. The van der Waals surface area contributed by atoms with Gasteiger partial charge in [0.25, 0.3) is 5.91 Å². The Kier molecular flexibility index (Phi) is 6.52. The molecule has 0 saturated heterocycles. The molecule has 0 aliphatic heterocycles. The third-order valence-electron chi connectivity index (χ3n) is 5.14. The Hall–Kier alpha value is -3.64. The van der Waals surface area contributed by atoms with E-state index in [1.807, 2.05) is 24.3 Å². The third-order valence-corrected chi connectivity index (χ3v) is 5.46. The number of para-hydroxylation sites is 1. The smallest absolute Gasteiger partial charge is 0.329 e. The summed E-state index contributed by atoms with van der Waals surface area (Å²) in [5.41, 5.74) is 2.26. The standard InChI is InChI=1S/C25H20ClFN2O3/c26-20-10-4-2-9-19(20)24(30)29-23(13-17-14-28-22-12-6-3-8-18(17)22)25(31)32-15-16-7-1-5-11-21(16)27/h1-12,14,23,28H,13,15H2,(H,29,30). The van der Waals surface area contributed by atoms with E-state index in [4.69, 9.17) is 16.3 Å². The molecule has 0 aliphatic carbocycles. The first-order valence-corrected chi connectivity index (χ1v) is 10.4. The summed E-state index contributed by atoms with van der Waals surface area (Å²) in [6.07, 6.45) is 1.99. The number of rotatable bonds is 7. The number of carbonyl (C=O) groups is 2. The van der Waals surface area contributed by atoms with E-state index < -0.39 is 23.7 Å². The van der Waals surface area contributed by atoms with Crippen LogP contribution < -0.4 is 5.32 Å². The van der Waals surface area contributed by atoms with Crippen LogP contribution in [0, 0.1) is 5.82 Å². The molecule has 0 aliphatic rings. The van der Waals surface area contributed by atoms with Crippen molar-refractivity contribution in [1.82, 2.24) is 10.3 Å². The van der Waals surface area contributed by atoms with E-state index in [1.54, 1.807) is 48.7 Å². The Morgan fingerprint density at radius 2 is 1.69 bits per heavy atom. The average molecular weight is 451 g/mol. The number of hydrogen-bond acceptors (Lipinski definition) is 3. The maximum absolute atomic E-state index is 13.9. The highest BCUT2D eigenvalue weighted by molar-refractivity contribution is 6.33. The highest BCUT2D eigenvalue weighted by atomic mass is 35.5. The molecule has 4 rings (SSSR count). The summed E-state index contributed by atoms with van der Waals surface area (Å²) in [7, 11) is 0. The van der Waals surface area contributed by atoms with Gasteiger partial charge in [-0.25, -0.2) is 9.18 Å². The average Bonchev–Trinajstić information content (AvgIpc) is 3.21. The van der Waals surface area contributed by atoms with Crippen molar-refractivity contribution in [2.24, 2.45) is 0 Å². The number of aromatic amines is 1. The predicted molar refractivity (Wildman–Crippen MR) is 121 cm³/mol. The molecule has 7 heteroatoms. The van der Waals surface area contributed by atoms with Crippen LogP contribution in [0.1, 0.15) is 21.5 Å². The summed E-state index contributed by atoms with van der Waals surface area (Å²) in [5, 5.41) is 3.93. The zero-order valence-electron chi connectivity index (χ0n) is 17.0. The molecule has 0 radical (unpaired) electrons. The Labute approximate surface area is 189 Å². The van der Waals surface area contributed by atoms with Crippen LogP contribution in [0.5, 0.6) is 0 Å². The van der Waals surface area contributed by atoms with Crippen LogP contribution in [-0.2, 0) is 22.6 Å². The molecule has 0 fully saturated rings. The molecule has 162 valence electrons. The lowest BCUT2D eigenvalue weighted by Gasteiger charge is -2.18. The predicted octanol–water partition coefficient (Wildman–Crippen LogP) is 5.04. The molecule has 1 amide bonds. The van der Waals surface area contributed by atoms with Crippen LogP contribution in [0.4, 0.5) is 4.39 Å². The normalized spacial score (nSPS) is 11.8. The van der Waals surface area contributed by atoms with Gasteiger partial charge in [-0.1, -0.05) is 60.1 Å². The topological polar surface area (TPSA) is 71.2 Å². The minimum Gasteiger partial charge on any atom is -0.459 e. The van der Waals surface area contributed by atoms with Crippen LogP contribution in [-0.4, -0.2) is 22.9 Å². The van der Waals surface area contributed by atoms with E-state index >= 15 is 0 Å². The summed E-state index contributed by atoms with van der Waals surface area (Å²) in [5.74, 6) is -1.63. The molecule has 1 aromatic heterocycles. The third kappa shape index (κ3) is 4.81. The summed E-state index contributed by atoms with van der Waals surface area (Å²) in [4.78, 5) is 28.9. The van der Waals surface area contributed by atoms with Gasteiger partial charge in [0.1, 0.15) is 18.5 Å². The van der Waals surface area contributed by atoms with Gasteiger partial charge in [-0.2, -0.15) is 0 Å². The molecule has 1 unspecified atom stereocenters. The number of esters is 1. The van der Waals surface area contributed by atoms with Crippen molar-refractivity contribution >= 4 is 34.4 Å². The van der Waals surface area contributed by atoms with Gasteiger partial charge < -0.3 is 15.0 Å². The Morgan fingerprint density at radius 3 is 2.50 bits per heavy atom. The Balaban J connectivity index is 1.56. The molecule has 3 aromatic carbocycles. The minimum absolute atomic E-state index is 0.191. The molecule has 2 N–H and O–H groups in total. The number of nitrogens with one attached hydrogen (secondary N) is 2. The second-order valence-electron chi connectivity index (χ2n) is 7.27. The number of benzene rings is 3. The zero-order chi connectivity index (χ0) is 22.5. The number of H-pyrrole nitrogens is 1. The summed E-state index contributed by atoms with van der Waals surface area (Å²) in [6, 6.07) is 19.3. The summed E-state index contributed by atoms with van der Waals surface area (Å²) >= 11 is 6.14. The fourth-order valence-electron chi connectivity index (χ4n) is 3.46. The van der Waals surface area contributed by atoms with Gasteiger partial charge in [0, 0.05) is 29.1 Å². The summed E-state index contributed by atoms with van der Waals surface area (Å²) < 4.78 is 19.3. The molecular weight excluding hydrogens is 431 g/mol. The second kappa shape index (κ2) is 9.66. The van der Waals surface area contributed by atoms with E-state index in [1.165, 1.54) is 6.07 Å². The van der Waals surface area contributed by atoms with Crippen molar-refractivity contribution in [3.63, 3.8) is 0 Å². The van der Waals surface area contributed by atoms with Gasteiger partial charge in [-0.3, -0.25) is 4.79 Å². The fourth-order valence-corrected chi connectivity index (χ4v) is 3.68. The number of halogens is 2. The van der Waals surface area contributed by atoms with Crippen molar-refractivity contribution in [3.05, 3.63) is 107 Å². The molecule has 5 nitrogen and oxygen atoms in total. The van der Waals surface area contributed by atoms with Gasteiger partial charge in [0.05, 0.1) is 10.6 Å². The number of fused-ring (bicyclic) bond motifs is 1. The molecule has 4 aromatic rings. The zero-order valence-corrected chi connectivity index (χ0v) is 17.7. The number of ether oxygens (including phenoxy) is 1. The lowest BCUT2D eigenvalue weighted by Crippen LogP contribution is -2.43. The Morgan fingerprint density at radius 1 is 0.969 bits per heavy atom. The van der Waals surface area contributed by atoms with Crippen molar-refractivity contribution in [2.75, 3.05) is 0 Å². The molecule has 0 saturated carbocycles. The van der Waals surface area contributed by atoms with Crippen LogP contribution in [0.15, 0.2) is 79.0 Å². The van der Waals surface area contributed by atoms with Crippen molar-refractivity contribution in [2.45, 2.75) is 19.1 Å². The molecular formula is C25H20ClFN2O3. The highest BCUT2D eigenvalue weighted by Crippen LogP contribution is 2.21. The van der Waals surface area contributed by atoms with E-state index in [9.17, 15) is 14.0 Å². The van der Waals surface area contributed by atoms with E-state index in [0.717, 1.165) is 16.5 Å². The number of aromatic nitrogens is 1. The van der Waals surface area contributed by atoms with E-state index in [-0.39, 0.29) is 29.2 Å². The van der Waals surface area contributed by atoms with E-state index in [2.05, 4.69) is 10.3 Å². The van der Waals surface area contributed by atoms with Gasteiger partial charge >= 0.3 is 5.97 Å². The minimum atomic E-state index is -0.996. The maximum atomic E-state index is 13.9. The molecule has 1 heterocycles. The molecule has 0 bridgehead atoms. The van der Waals surface area contributed by atoms with Crippen LogP contribution >= 0.6 is 11.6 Å². The largest absolute Gasteiger partial charge is 0.459 e. The van der Waals surface area contributed by atoms with Crippen molar-refractivity contribution in [3.8, 4) is 0 Å². The number of amides is 1. The van der Waals surface area contributed by atoms with Gasteiger partial charge in [-0.05, 0) is 29.8 Å². The van der Waals surface area contributed by atoms with Crippen LogP contribution in [0.25, 0.3) is 10.9 Å². The van der Waals surface area contributed by atoms with Crippen LogP contribution in [0.2, 0.25) is 5.02 Å². The van der Waals surface area contributed by atoms with Crippen molar-refractivity contribution < 1.29 is 18.7 Å². The quantitative estimate of drug-likeness (QED) is 0.387. The second-order valence-corrected chi connectivity index (χ2v) is 7.68. The maximum Gasteiger partial charge on any atom is 0.329 e. The fraction of sp³-hybridized carbons (Fsp3) is 0.120. The van der Waals surface area contributed by atoms with Gasteiger partial charge in [-0.15, -0.1) is 0 Å². The number of carbonyl (C=O) groups excluding carboxylic acids is 2. The Bertz CT molecular complexity index is 1270. The first kappa shape index (κ1) is 21.6. The SMILES string of the molecule is O=C(NC(Cc1c[nH]c2ccccc12)C(=O)OCc1ccccc1F)c1ccccc1Cl. The lowest BCUT2D eigenvalue weighted by molar-refractivity contribution is -0.147. The van der Waals surface area contributed by atoms with E-state index in [0.29, 0.717) is 0 Å². The van der Waals surface area contributed by atoms with Crippen LogP contribution in [0.3, 0.4) is 0 Å². The molecule has 32 heavy (non-hydrogen) atoms. The lowest BCUT2D eigenvalue weighted by atomic mass is 10.0. The monoisotopic (exact) mass is 450 g/mol. The number of hydrogen-bond donors (Lipinski definition) is 2. The molecule has 1 atom stereocenters. The van der Waals surface area contributed by atoms with Gasteiger partial charge in [0.2, 0.25) is 0 Å².